The number of para-hydroxylation sites is 1. The third kappa shape index (κ3) is 3.74. The predicted molar refractivity (Wildman–Crippen MR) is 102 cm³/mol. The SMILES string of the molecule is C[C@@H]1CN(C(=O)CSc2nc3c(cnn3-c3ccccc3)c(=O)[nH]2)CCO1. The molecular formula is C18H19N5O3S. The van der Waals surface area contributed by atoms with Gasteiger partial charge in [-0.25, -0.2) is 9.67 Å². The van der Waals surface area contributed by atoms with Crippen molar-refractivity contribution in [3.8, 4) is 5.69 Å². The van der Waals surface area contributed by atoms with Gasteiger partial charge in [0.05, 0.1) is 30.3 Å². The number of thioether (sulfide) groups is 1. The minimum absolute atomic E-state index is 0.00876. The second-order valence-electron chi connectivity index (χ2n) is 6.31. The van der Waals surface area contributed by atoms with Crippen molar-refractivity contribution in [1.82, 2.24) is 24.6 Å². The normalized spacial score (nSPS) is 17.4. The Hall–Kier alpha value is -2.65. The first kappa shape index (κ1) is 17.7. The van der Waals surface area contributed by atoms with E-state index in [1.807, 2.05) is 37.3 Å². The summed E-state index contributed by atoms with van der Waals surface area (Å²) in [6.45, 7) is 3.68. The maximum atomic E-state index is 12.4. The molecule has 0 aliphatic carbocycles. The molecular weight excluding hydrogens is 366 g/mol. The Morgan fingerprint density at radius 1 is 1.37 bits per heavy atom. The van der Waals surface area contributed by atoms with Crippen LogP contribution in [0.3, 0.4) is 0 Å². The topological polar surface area (TPSA) is 93.1 Å². The second-order valence-corrected chi connectivity index (χ2v) is 7.27. The Balaban J connectivity index is 1.56. The molecule has 4 rings (SSSR count). The van der Waals surface area contributed by atoms with E-state index in [4.69, 9.17) is 4.74 Å². The molecule has 0 saturated carbocycles. The molecule has 3 aromatic rings. The highest BCUT2D eigenvalue weighted by Gasteiger charge is 2.21. The summed E-state index contributed by atoms with van der Waals surface area (Å²) in [7, 11) is 0. The van der Waals surface area contributed by atoms with Crippen LogP contribution in [0.4, 0.5) is 0 Å². The lowest BCUT2D eigenvalue weighted by Gasteiger charge is -2.31. The van der Waals surface area contributed by atoms with Crippen molar-refractivity contribution < 1.29 is 9.53 Å². The van der Waals surface area contributed by atoms with Gasteiger partial charge in [-0.15, -0.1) is 0 Å². The van der Waals surface area contributed by atoms with E-state index in [9.17, 15) is 9.59 Å². The molecule has 0 spiro atoms. The molecule has 1 saturated heterocycles. The molecule has 1 aliphatic rings. The number of aromatic amines is 1. The van der Waals surface area contributed by atoms with Crippen molar-refractivity contribution in [1.29, 1.82) is 0 Å². The molecule has 1 N–H and O–H groups in total. The van der Waals surface area contributed by atoms with Crippen LogP contribution in [-0.2, 0) is 9.53 Å². The van der Waals surface area contributed by atoms with Crippen LogP contribution in [0.25, 0.3) is 16.7 Å². The van der Waals surface area contributed by atoms with Crippen molar-refractivity contribution >= 4 is 28.7 Å². The maximum absolute atomic E-state index is 12.4. The van der Waals surface area contributed by atoms with Crippen LogP contribution < -0.4 is 5.56 Å². The minimum atomic E-state index is -0.267. The summed E-state index contributed by atoms with van der Waals surface area (Å²) in [6.07, 6.45) is 1.55. The third-order valence-corrected chi connectivity index (χ3v) is 5.20. The van der Waals surface area contributed by atoms with E-state index < -0.39 is 0 Å². The van der Waals surface area contributed by atoms with E-state index in [0.29, 0.717) is 35.9 Å². The van der Waals surface area contributed by atoms with Gasteiger partial charge in [-0.3, -0.25) is 9.59 Å². The molecule has 1 amide bonds. The number of carbonyl (C=O) groups is 1. The number of rotatable bonds is 4. The number of benzene rings is 1. The molecule has 0 unspecified atom stereocenters. The molecule has 0 radical (unpaired) electrons. The summed E-state index contributed by atoms with van der Waals surface area (Å²) >= 11 is 1.22. The Morgan fingerprint density at radius 3 is 2.96 bits per heavy atom. The summed E-state index contributed by atoms with van der Waals surface area (Å²) in [5, 5.41) is 5.10. The molecule has 2 aromatic heterocycles. The zero-order valence-corrected chi connectivity index (χ0v) is 15.6. The number of aromatic nitrogens is 4. The smallest absolute Gasteiger partial charge is 0.262 e. The van der Waals surface area contributed by atoms with Crippen LogP contribution in [0.1, 0.15) is 6.92 Å². The van der Waals surface area contributed by atoms with E-state index in [-0.39, 0.29) is 23.3 Å². The van der Waals surface area contributed by atoms with Crippen LogP contribution >= 0.6 is 11.8 Å². The fourth-order valence-electron chi connectivity index (χ4n) is 2.99. The molecule has 3 heterocycles. The second kappa shape index (κ2) is 7.53. The van der Waals surface area contributed by atoms with Crippen molar-refractivity contribution in [2.24, 2.45) is 0 Å². The van der Waals surface area contributed by atoms with Crippen molar-refractivity contribution in [2.45, 2.75) is 18.2 Å². The van der Waals surface area contributed by atoms with Crippen LogP contribution in [0.15, 0.2) is 46.5 Å². The first-order valence-corrected chi connectivity index (χ1v) is 9.66. The van der Waals surface area contributed by atoms with E-state index >= 15 is 0 Å². The summed E-state index contributed by atoms with van der Waals surface area (Å²) in [4.78, 5) is 33.8. The van der Waals surface area contributed by atoms with Gasteiger partial charge in [0, 0.05) is 13.1 Å². The van der Waals surface area contributed by atoms with Crippen LogP contribution in [0, 0.1) is 0 Å². The average Bonchev–Trinajstić information content (AvgIpc) is 3.11. The highest BCUT2D eigenvalue weighted by molar-refractivity contribution is 7.99. The fourth-order valence-corrected chi connectivity index (χ4v) is 3.75. The van der Waals surface area contributed by atoms with Gasteiger partial charge in [0.25, 0.3) is 5.56 Å². The van der Waals surface area contributed by atoms with Crippen LogP contribution in [-0.4, -0.2) is 62.1 Å². The molecule has 27 heavy (non-hydrogen) atoms. The Morgan fingerprint density at radius 2 is 2.19 bits per heavy atom. The van der Waals surface area contributed by atoms with E-state index in [2.05, 4.69) is 15.1 Å². The molecule has 140 valence electrons. The Kier molecular flexibility index (Phi) is 4.95. The van der Waals surface area contributed by atoms with Gasteiger partial charge in [-0.2, -0.15) is 5.10 Å². The molecule has 1 atom stereocenters. The van der Waals surface area contributed by atoms with E-state index in [1.54, 1.807) is 9.58 Å². The maximum Gasteiger partial charge on any atom is 0.262 e. The van der Waals surface area contributed by atoms with Gasteiger partial charge < -0.3 is 14.6 Å². The quantitative estimate of drug-likeness (QED) is 0.540. The van der Waals surface area contributed by atoms with Gasteiger partial charge in [0.15, 0.2) is 10.8 Å². The zero-order chi connectivity index (χ0) is 18.8. The number of nitrogens with one attached hydrogen (secondary N) is 1. The number of H-pyrrole nitrogens is 1. The molecule has 1 aliphatic heterocycles. The van der Waals surface area contributed by atoms with Gasteiger partial charge >= 0.3 is 0 Å². The number of ether oxygens (including phenoxy) is 1. The molecule has 1 aromatic carbocycles. The lowest BCUT2D eigenvalue weighted by atomic mass is 10.3. The van der Waals surface area contributed by atoms with Crippen molar-refractivity contribution in [2.75, 3.05) is 25.4 Å². The summed E-state index contributed by atoms with van der Waals surface area (Å²) in [5.41, 5.74) is 1.02. The standard InChI is InChI=1S/C18H19N5O3S/c1-12-10-22(7-8-26-12)15(24)11-27-18-20-16-14(17(25)21-18)9-19-23(16)13-5-3-2-4-6-13/h2-6,9,12H,7-8,10-11H2,1H3,(H,20,21,25)/t12-/m1/s1. The van der Waals surface area contributed by atoms with Gasteiger partial charge in [-0.1, -0.05) is 30.0 Å². The van der Waals surface area contributed by atoms with Gasteiger partial charge in [0.2, 0.25) is 5.91 Å². The van der Waals surface area contributed by atoms with Crippen molar-refractivity contribution in [3.63, 3.8) is 0 Å². The van der Waals surface area contributed by atoms with Crippen LogP contribution in [0.5, 0.6) is 0 Å². The Bertz CT molecular complexity index is 1020. The first-order chi connectivity index (χ1) is 13.1. The molecule has 8 nitrogen and oxygen atoms in total. The predicted octanol–water partition coefficient (Wildman–Crippen LogP) is 1.45. The number of hydrogen-bond donors (Lipinski definition) is 1. The first-order valence-electron chi connectivity index (χ1n) is 8.67. The monoisotopic (exact) mass is 385 g/mol. The molecule has 0 bridgehead atoms. The van der Waals surface area contributed by atoms with E-state index in [1.165, 1.54) is 18.0 Å². The highest BCUT2D eigenvalue weighted by atomic mass is 32.2. The summed E-state index contributed by atoms with van der Waals surface area (Å²) < 4.78 is 7.09. The third-order valence-electron chi connectivity index (χ3n) is 4.34. The Labute approximate surface area is 159 Å². The minimum Gasteiger partial charge on any atom is -0.375 e. The lowest BCUT2D eigenvalue weighted by molar-refractivity contribution is -0.135. The zero-order valence-electron chi connectivity index (χ0n) is 14.8. The number of fused-ring (bicyclic) bond motifs is 1. The van der Waals surface area contributed by atoms with Crippen molar-refractivity contribution in [3.05, 3.63) is 46.9 Å². The number of hydrogen-bond acceptors (Lipinski definition) is 6. The van der Waals surface area contributed by atoms with Gasteiger partial charge in [0.1, 0.15) is 5.39 Å². The number of nitrogens with zero attached hydrogens (tertiary/aromatic N) is 4. The fraction of sp³-hybridized carbons (Fsp3) is 0.333. The number of morpholine rings is 1. The molecule has 1 fully saturated rings. The largest absolute Gasteiger partial charge is 0.375 e. The molecule has 9 heteroatoms. The number of amides is 1. The highest BCUT2D eigenvalue weighted by Crippen LogP contribution is 2.18. The van der Waals surface area contributed by atoms with E-state index in [0.717, 1.165) is 5.69 Å². The number of carbonyl (C=O) groups excluding carboxylic acids is 1. The summed E-state index contributed by atoms with van der Waals surface area (Å²) in [6, 6.07) is 9.49. The average molecular weight is 385 g/mol. The lowest BCUT2D eigenvalue weighted by Crippen LogP contribution is -2.45. The summed E-state index contributed by atoms with van der Waals surface area (Å²) in [5.74, 6) is 0.218. The van der Waals surface area contributed by atoms with Gasteiger partial charge in [-0.05, 0) is 19.1 Å². The van der Waals surface area contributed by atoms with Crippen LogP contribution in [0.2, 0.25) is 0 Å².